The lowest BCUT2D eigenvalue weighted by molar-refractivity contribution is 0.581. The van der Waals surface area contributed by atoms with Crippen LogP contribution < -0.4 is 4.80 Å². The Kier molecular flexibility index (Phi) is 5.08. The molecule has 0 atom stereocenters. The van der Waals surface area contributed by atoms with Gasteiger partial charge in [-0.2, -0.15) is 0 Å². The maximum absolute atomic E-state index is 12.9. The Morgan fingerprint density at radius 1 is 1.38 bits per heavy atom. The lowest BCUT2D eigenvalue weighted by Gasteiger charge is -2.09. The zero-order valence-corrected chi connectivity index (χ0v) is 14.3. The van der Waals surface area contributed by atoms with Gasteiger partial charge >= 0.3 is 0 Å². The van der Waals surface area contributed by atoms with Crippen LogP contribution in [0.1, 0.15) is 4.88 Å². The van der Waals surface area contributed by atoms with Crippen LogP contribution in [0.5, 0.6) is 0 Å². The summed E-state index contributed by atoms with van der Waals surface area (Å²) in [5.74, 6) is 0. The van der Waals surface area contributed by atoms with Gasteiger partial charge in [-0.25, -0.2) is 12.4 Å². The number of hydrogen-bond acceptors (Lipinski definition) is 5. The van der Waals surface area contributed by atoms with Crippen molar-refractivity contribution in [2.24, 2.45) is 4.99 Å². The summed E-state index contributed by atoms with van der Waals surface area (Å²) >= 11 is 2.78. The Morgan fingerprint density at radius 3 is 2.62 bits per heavy atom. The highest BCUT2D eigenvalue weighted by atomic mass is 32.2. The molecule has 0 spiro atoms. The lowest BCUT2D eigenvalue weighted by Crippen LogP contribution is -2.25. The SMILES string of the molecule is C=CCN=c1sc(C)c(SC)n1S(=O)(=O)c1ccccc1. The number of thioether (sulfide) groups is 1. The Balaban J connectivity index is 2.76. The third-order valence-corrected chi connectivity index (χ3v) is 6.67. The molecule has 0 fully saturated rings. The van der Waals surface area contributed by atoms with Crippen molar-refractivity contribution in [2.45, 2.75) is 16.8 Å². The first-order chi connectivity index (χ1) is 10.0. The minimum Gasteiger partial charge on any atom is -0.254 e. The molecule has 1 aromatic heterocycles. The number of hydrogen-bond donors (Lipinski definition) is 0. The van der Waals surface area contributed by atoms with E-state index in [-0.39, 0.29) is 4.90 Å². The van der Waals surface area contributed by atoms with Crippen LogP contribution in [0.2, 0.25) is 0 Å². The second kappa shape index (κ2) is 6.64. The molecule has 0 bridgehead atoms. The first-order valence-corrected chi connectivity index (χ1v) is 9.69. The highest BCUT2D eigenvalue weighted by Gasteiger charge is 2.23. The van der Waals surface area contributed by atoms with Crippen LogP contribution in [0.15, 0.2) is 57.9 Å². The molecule has 2 rings (SSSR count). The minimum absolute atomic E-state index is 0.262. The van der Waals surface area contributed by atoms with Gasteiger partial charge in [-0.3, -0.25) is 4.99 Å². The first kappa shape index (κ1) is 16.1. The Bertz CT molecular complexity index is 802. The van der Waals surface area contributed by atoms with E-state index in [4.69, 9.17) is 0 Å². The van der Waals surface area contributed by atoms with E-state index in [0.29, 0.717) is 16.4 Å². The van der Waals surface area contributed by atoms with Crippen molar-refractivity contribution >= 4 is 33.1 Å². The highest BCUT2D eigenvalue weighted by Crippen LogP contribution is 2.26. The molecule has 0 N–H and O–H groups in total. The van der Waals surface area contributed by atoms with Gasteiger partial charge in [-0.1, -0.05) is 24.3 Å². The zero-order chi connectivity index (χ0) is 15.5. The van der Waals surface area contributed by atoms with Gasteiger partial charge in [0.2, 0.25) is 4.80 Å². The van der Waals surface area contributed by atoms with Crippen molar-refractivity contribution in [1.29, 1.82) is 0 Å². The number of thiazole rings is 1. The Morgan fingerprint density at radius 2 is 2.05 bits per heavy atom. The molecule has 0 saturated heterocycles. The Labute approximate surface area is 132 Å². The van der Waals surface area contributed by atoms with E-state index in [1.807, 2.05) is 13.2 Å². The molecule has 0 aliphatic rings. The number of rotatable bonds is 5. The highest BCUT2D eigenvalue weighted by molar-refractivity contribution is 7.99. The summed E-state index contributed by atoms with van der Waals surface area (Å²) in [6, 6.07) is 8.41. The quantitative estimate of drug-likeness (QED) is 0.621. The summed E-state index contributed by atoms with van der Waals surface area (Å²) < 4.78 is 27.1. The maximum atomic E-state index is 12.9. The van der Waals surface area contributed by atoms with Crippen molar-refractivity contribution in [3.63, 3.8) is 0 Å². The predicted molar refractivity (Wildman–Crippen MR) is 88.5 cm³/mol. The van der Waals surface area contributed by atoms with E-state index >= 15 is 0 Å². The fourth-order valence-electron chi connectivity index (χ4n) is 1.83. The molecule has 112 valence electrons. The van der Waals surface area contributed by atoms with Gasteiger partial charge in [0.15, 0.2) is 0 Å². The zero-order valence-electron chi connectivity index (χ0n) is 11.8. The molecule has 2 aromatic rings. The number of benzene rings is 1. The molecular formula is C14H16N2O2S3. The number of nitrogens with zero attached hydrogens (tertiary/aromatic N) is 2. The second-order valence-corrected chi connectivity index (χ2v) is 7.93. The van der Waals surface area contributed by atoms with Crippen molar-refractivity contribution < 1.29 is 8.42 Å². The molecule has 0 radical (unpaired) electrons. The smallest absolute Gasteiger partial charge is 0.254 e. The molecule has 1 aromatic carbocycles. The van der Waals surface area contributed by atoms with Crippen LogP contribution in [0.25, 0.3) is 0 Å². The van der Waals surface area contributed by atoms with Gasteiger partial charge in [0.1, 0.15) is 5.03 Å². The third-order valence-electron chi connectivity index (χ3n) is 2.73. The molecule has 21 heavy (non-hydrogen) atoms. The van der Waals surface area contributed by atoms with Crippen LogP contribution in [0, 0.1) is 6.92 Å². The van der Waals surface area contributed by atoms with Gasteiger partial charge in [0, 0.05) is 4.88 Å². The predicted octanol–water partition coefficient (Wildman–Crippen LogP) is 2.90. The van der Waals surface area contributed by atoms with Crippen molar-refractivity contribution in [3.05, 3.63) is 52.7 Å². The molecule has 0 amide bonds. The van der Waals surface area contributed by atoms with E-state index in [2.05, 4.69) is 11.6 Å². The van der Waals surface area contributed by atoms with Crippen LogP contribution >= 0.6 is 23.1 Å². The van der Waals surface area contributed by atoms with Gasteiger partial charge < -0.3 is 0 Å². The average Bonchev–Trinajstić information content (AvgIpc) is 2.82. The summed E-state index contributed by atoms with van der Waals surface area (Å²) in [5, 5.41) is 0.701. The van der Waals surface area contributed by atoms with E-state index in [0.717, 1.165) is 4.88 Å². The van der Waals surface area contributed by atoms with E-state index in [1.54, 1.807) is 36.4 Å². The third kappa shape index (κ3) is 3.14. The fourth-order valence-corrected chi connectivity index (χ4v) is 5.88. The normalized spacial score (nSPS) is 12.6. The second-order valence-electron chi connectivity index (χ2n) is 4.16. The van der Waals surface area contributed by atoms with Crippen molar-refractivity contribution in [1.82, 2.24) is 3.97 Å². The lowest BCUT2D eigenvalue weighted by atomic mass is 10.4. The molecule has 1 heterocycles. The van der Waals surface area contributed by atoms with Crippen LogP contribution in [0.3, 0.4) is 0 Å². The topological polar surface area (TPSA) is 51.4 Å². The van der Waals surface area contributed by atoms with Crippen molar-refractivity contribution in [2.75, 3.05) is 12.8 Å². The Hall–Kier alpha value is -1.31. The molecule has 0 unspecified atom stereocenters. The van der Waals surface area contributed by atoms with E-state index in [9.17, 15) is 8.42 Å². The minimum atomic E-state index is -3.64. The van der Waals surface area contributed by atoms with Crippen LogP contribution in [-0.2, 0) is 10.0 Å². The van der Waals surface area contributed by atoms with Crippen molar-refractivity contribution in [3.8, 4) is 0 Å². The number of aromatic nitrogens is 1. The van der Waals surface area contributed by atoms with E-state index in [1.165, 1.54) is 27.1 Å². The standard InChI is InChI=1S/C14H16N2O2S3/c1-4-10-15-14-16(13(19-3)11(2)20-14)21(17,18)12-8-6-5-7-9-12/h4-9H,1,10H2,2-3H3. The largest absolute Gasteiger partial charge is 0.270 e. The van der Waals surface area contributed by atoms with Crippen LogP contribution in [0.4, 0.5) is 0 Å². The summed E-state index contributed by atoms with van der Waals surface area (Å²) in [5.41, 5.74) is 0. The number of aryl methyl sites for hydroxylation is 1. The average molecular weight is 340 g/mol. The maximum Gasteiger partial charge on any atom is 0.270 e. The summed E-state index contributed by atoms with van der Waals surface area (Å²) in [6.07, 6.45) is 3.51. The molecule has 0 aliphatic heterocycles. The van der Waals surface area contributed by atoms with Gasteiger partial charge in [-0.05, 0) is 25.3 Å². The monoisotopic (exact) mass is 340 g/mol. The first-order valence-electron chi connectivity index (χ1n) is 6.20. The molecule has 7 heteroatoms. The fraction of sp³-hybridized carbons (Fsp3) is 0.214. The molecule has 4 nitrogen and oxygen atoms in total. The van der Waals surface area contributed by atoms with Crippen LogP contribution in [-0.4, -0.2) is 25.2 Å². The summed E-state index contributed by atoms with van der Waals surface area (Å²) in [6.45, 7) is 5.91. The summed E-state index contributed by atoms with van der Waals surface area (Å²) in [7, 11) is -3.64. The van der Waals surface area contributed by atoms with Gasteiger partial charge in [0.05, 0.1) is 11.4 Å². The van der Waals surface area contributed by atoms with E-state index < -0.39 is 10.0 Å². The van der Waals surface area contributed by atoms with Gasteiger partial charge in [-0.15, -0.1) is 29.7 Å². The molecular weight excluding hydrogens is 324 g/mol. The molecule has 0 aliphatic carbocycles. The summed E-state index contributed by atoms with van der Waals surface area (Å²) in [4.78, 5) is 5.99. The van der Waals surface area contributed by atoms with Gasteiger partial charge in [0.25, 0.3) is 10.0 Å². The molecule has 0 saturated carbocycles.